The van der Waals surface area contributed by atoms with E-state index in [1.165, 1.54) is 15.6 Å². The summed E-state index contributed by atoms with van der Waals surface area (Å²) in [5.41, 5.74) is 10.3. The molecule has 27 heavy (non-hydrogen) atoms. The lowest BCUT2D eigenvalue weighted by Gasteiger charge is -2.30. The minimum absolute atomic E-state index is 0.0453. The minimum atomic E-state index is -0.216. The quantitative estimate of drug-likeness (QED) is 0.729. The SMILES string of the molecule is Cc1nc2cc[nH]n2c(=O)c1CC(=O)N1CCCc2cc(CCN)ccc21. The smallest absolute Gasteiger partial charge is 0.276 e. The van der Waals surface area contributed by atoms with Gasteiger partial charge in [-0.15, -0.1) is 0 Å². The van der Waals surface area contributed by atoms with Crippen LogP contribution in [0.5, 0.6) is 0 Å². The number of aryl methyl sites for hydroxylation is 2. The molecule has 3 heterocycles. The Morgan fingerprint density at radius 3 is 3.00 bits per heavy atom. The van der Waals surface area contributed by atoms with Gasteiger partial charge < -0.3 is 10.6 Å². The molecule has 0 unspecified atom stereocenters. The Bertz CT molecular complexity index is 1070. The first-order valence-corrected chi connectivity index (χ1v) is 9.26. The number of rotatable bonds is 4. The largest absolute Gasteiger partial charge is 0.330 e. The average Bonchev–Trinajstić information content (AvgIpc) is 3.13. The Morgan fingerprint density at radius 1 is 1.33 bits per heavy atom. The molecule has 1 aliphatic rings. The summed E-state index contributed by atoms with van der Waals surface area (Å²) in [5.74, 6) is -0.0731. The van der Waals surface area contributed by atoms with Crippen LogP contribution in [-0.2, 0) is 24.1 Å². The Balaban J connectivity index is 1.64. The van der Waals surface area contributed by atoms with E-state index in [1.54, 1.807) is 24.1 Å². The second kappa shape index (κ2) is 7.00. The fraction of sp³-hybridized carbons (Fsp3) is 0.350. The average molecular weight is 365 g/mol. The number of fused-ring (bicyclic) bond motifs is 2. The van der Waals surface area contributed by atoms with E-state index in [4.69, 9.17) is 5.73 Å². The van der Waals surface area contributed by atoms with Crippen LogP contribution in [-0.4, -0.2) is 33.6 Å². The zero-order valence-electron chi connectivity index (χ0n) is 15.4. The van der Waals surface area contributed by atoms with E-state index >= 15 is 0 Å². The Morgan fingerprint density at radius 2 is 2.19 bits per heavy atom. The van der Waals surface area contributed by atoms with Crippen molar-refractivity contribution in [3.05, 3.63) is 63.2 Å². The van der Waals surface area contributed by atoms with Gasteiger partial charge in [0.05, 0.1) is 6.42 Å². The maximum atomic E-state index is 13.0. The van der Waals surface area contributed by atoms with Gasteiger partial charge in [-0.25, -0.2) is 9.50 Å². The monoisotopic (exact) mass is 365 g/mol. The van der Waals surface area contributed by atoms with E-state index < -0.39 is 0 Å². The molecule has 140 valence electrons. The van der Waals surface area contributed by atoms with Crippen molar-refractivity contribution < 1.29 is 4.79 Å². The summed E-state index contributed by atoms with van der Waals surface area (Å²) in [6, 6.07) is 7.92. The number of nitrogens with two attached hydrogens (primary N) is 1. The molecule has 7 heteroatoms. The number of aromatic nitrogens is 3. The summed E-state index contributed by atoms with van der Waals surface area (Å²) in [7, 11) is 0. The van der Waals surface area contributed by atoms with Gasteiger partial charge in [-0.3, -0.25) is 14.7 Å². The van der Waals surface area contributed by atoms with Crippen molar-refractivity contribution in [2.45, 2.75) is 32.6 Å². The van der Waals surface area contributed by atoms with E-state index in [0.29, 0.717) is 30.0 Å². The van der Waals surface area contributed by atoms with Gasteiger partial charge in [0.15, 0.2) is 5.65 Å². The highest BCUT2D eigenvalue weighted by Gasteiger charge is 2.24. The summed E-state index contributed by atoms with van der Waals surface area (Å²) in [6.07, 6.45) is 4.41. The lowest BCUT2D eigenvalue weighted by Crippen LogP contribution is -2.38. The molecule has 0 saturated heterocycles. The van der Waals surface area contributed by atoms with Crippen LogP contribution in [0.25, 0.3) is 5.65 Å². The number of hydrogen-bond acceptors (Lipinski definition) is 4. The standard InChI is InChI=1S/C20H23N5O2/c1-13-16(20(27)25-18(23-13)7-9-22-25)12-19(26)24-10-2-3-15-11-14(6-8-21)4-5-17(15)24/h4-5,7,9,11,22H,2-3,6,8,10,12,21H2,1H3. The van der Waals surface area contributed by atoms with Crippen molar-refractivity contribution in [3.63, 3.8) is 0 Å². The zero-order chi connectivity index (χ0) is 19.0. The molecule has 1 amide bonds. The number of nitrogens with one attached hydrogen (secondary N) is 1. The van der Waals surface area contributed by atoms with Crippen molar-refractivity contribution in [2.75, 3.05) is 18.0 Å². The fourth-order valence-corrected chi connectivity index (χ4v) is 3.79. The molecular weight excluding hydrogens is 342 g/mol. The number of carbonyl (C=O) groups excluding carboxylic acids is 1. The molecule has 7 nitrogen and oxygen atoms in total. The first-order valence-electron chi connectivity index (χ1n) is 9.26. The van der Waals surface area contributed by atoms with Gasteiger partial charge in [0.1, 0.15) is 0 Å². The number of hydrogen-bond donors (Lipinski definition) is 2. The molecule has 1 aromatic carbocycles. The number of nitrogens with zero attached hydrogens (tertiary/aromatic N) is 3. The molecule has 0 aliphatic carbocycles. The van der Waals surface area contributed by atoms with E-state index in [2.05, 4.69) is 16.1 Å². The summed E-state index contributed by atoms with van der Waals surface area (Å²) < 4.78 is 1.37. The van der Waals surface area contributed by atoms with Crippen LogP contribution in [0.2, 0.25) is 0 Å². The van der Waals surface area contributed by atoms with E-state index in [-0.39, 0.29) is 17.9 Å². The number of H-pyrrole nitrogens is 1. The molecular formula is C20H23N5O2. The van der Waals surface area contributed by atoms with E-state index in [0.717, 1.165) is 24.9 Å². The molecule has 1 aliphatic heterocycles. The number of carbonyl (C=O) groups is 1. The first-order chi connectivity index (χ1) is 13.1. The molecule has 2 aromatic heterocycles. The number of amides is 1. The second-order valence-electron chi connectivity index (χ2n) is 6.96. The number of anilines is 1. The summed E-state index contributed by atoms with van der Waals surface area (Å²) in [6.45, 7) is 3.06. The summed E-state index contributed by atoms with van der Waals surface area (Å²) in [5, 5.41) is 2.85. The van der Waals surface area contributed by atoms with E-state index in [1.807, 2.05) is 12.1 Å². The molecule has 0 bridgehead atoms. The second-order valence-corrected chi connectivity index (χ2v) is 6.96. The topological polar surface area (TPSA) is 96.5 Å². The third kappa shape index (κ3) is 3.14. The van der Waals surface area contributed by atoms with Crippen LogP contribution in [0.4, 0.5) is 5.69 Å². The van der Waals surface area contributed by atoms with Crippen molar-refractivity contribution in [3.8, 4) is 0 Å². The van der Waals surface area contributed by atoms with Gasteiger partial charge >= 0.3 is 0 Å². The maximum Gasteiger partial charge on any atom is 0.276 e. The van der Waals surface area contributed by atoms with Gasteiger partial charge in [-0.05, 0) is 49.9 Å². The lowest BCUT2D eigenvalue weighted by atomic mass is 9.97. The molecule has 0 fully saturated rings. The van der Waals surface area contributed by atoms with Crippen molar-refractivity contribution >= 4 is 17.2 Å². The lowest BCUT2D eigenvalue weighted by molar-refractivity contribution is -0.118. The van der Waals surface area contributed by atoms with Crippen LogP contribution in [0.3, 0.4) is 0 Å². The summed E-state index contributed by atoms with van der Waals surface area (Å²) >= 11 is 0. The Hall–Kier alpha value is -2.93. The van der Waals surface area contributed by atoms with Crippen molar-refractivity contribution in [2.24, 2.45) is 5.73 Å². The maximum absolute atomic E-state index is 13.0. The van der Waals surface area contributed by atoms with Crippen LogP contribution < -0.4 is 16.2 Å². The van der Waals surface area contributed by atoms with Gasteiger partial charge in [-0.2, -0.15) is 0 Å². The molecule has 0 radical (unpaired) electrons. The van der Waals surface area contributed by atoms with Crippen LogP contribution >= 0.6 is 0 Å². The molecule has 0 saturated carbocycles. The highest BCUT2D eigenvalue weighted by atomic mass is 16.2. The molecule has 3 aromatic rings. The van der Waals surface area contributed by atoms with E-state index in [9.17, 15) is 9.59 Å². The zero-order valence-corrected chi connectivity index (χ0v) is 15.4. The predicted molar refractivity (Wildman–Crippen MR) is 104 cm³/mol. The summed E-state index contributed by atoms with van der Waals surface area (Å²) in [4.78, 5) is 32.0. The number of benzene rings is 1. The van der Waals surface area contributed by atoms with Gasteiger partial charge in [-0.1, -0.05) is 12.1 Å². The fourth-order valence-electron chi connectivity index (χ4n) is 3.79. The molecule has 3 N–H and O–H groups in total. The highest BCUT2D eigenvalue weighted by Crippen LogP contribution is 2.28. The first kappa shape index (κ1) is 17.5. The third-order valence-corrected chi connectivity index (χ3v) is 5.17. The van der Waals surface area contributed by atoms with Crippen LogP contribution in [0.15, 0.2) is 35.3 Å². The van der Waals surface area contributed by atoms with Gasteiger partial charge in [0.25, 0.3) is 5.56 Å². The normalized spacial score (nSPS) is 13.8. The highest BCUT2D eigenvalue weighted by molar-refractivity contribution is 5.96. The molecule has 0 atom stereocenters. The third-order valence-electron chi connectivity index (χ3n) is 5.17. The Kier molecular flexibility index (Phi) is 4.53. The van der Waals surface area contributed by atoms with Crippen LogP contribution in [0, 0.1) is 6.92 Å². The van der Waals surface area contributed by atoms with Gasteiger partial charge in [0.2, 0.25) is 5.91 Å². The number of aromatic amines is 1. The minimum Gasteiger partial charge on any atom is -0.330 e. The van der Waals surface area contributed by atoms with Crippen molar-refractivity contribution in [1.29, 1.82) is 0 Å². The van der Waals surface area contributed by atoms with Crippen LogP contribution in [0.1, 0.15) is 28.8 Å². The molecule has 0 spiro atoms. The van der Waals surface area contributed by atoms with Gasteiger partial charge in [0, 0.05) is 35.8 Å². The molecule has 4 rings (SSSR count). The van der Waals surface area contributed by atoms with Crippen molar-refractivity contribution in [1.82, 2.24) is 14.6 Å². The Labute approximate surface area is 156 Å². The predicted octanol–water partition coefficient (Wildman–Crippen LogP) is 1.35.